The number of amides is 1. The molecule has 7 heteroatoms. The lowest BCUT2D eigenvalue weighted by molar-refractivity contribution is -0.131. The summed E-state index contributed by atoms with van der Waals surface area (Å²) in [7, 11) is 0. The summed E-state index contributed by atoms with van der Waals surface area (Å²) in [4.78, 5) is 27.2. The molecule has 1 aliphatic heterocycles. The molecule has 4 aromatic rings. The van der Waals surface area contributed by atoms with Crippen LogP contribution < -0.4 is 5.32 Å². The molecule has 3 aromatic heterocycles. The first-order valence-corrected chi connectivity index (χ1v) is 13.6. The predicted octanol–water partition coefficient (Wildman–Crippen LogP) is 7.14. The molecule has 0 bridgehead atoms. The molecule has 2 N–H and O–H groups in total. The number of benzene rings is 1. The third-order valence-corrected chi connectivity index (χ3v) is 7.88. The van der Waals surface area contributed by atoms with E-state index in [0.717, 1.165) is 64.1 Å². The van der Waals surface area contributed by atoms with Gasteiger partial charge in [0.2, 0.25) is 5.91 Å². The van der Waals surface area contributed by atoms with Gasteiger partial charge in [-0.05, 0) is 54.7 Å². The fraction of sp³-hybridized carbons (Fsp3) is 0.393. The molecule has 0 spiro atoms. The number of nitrogens with zero attached hydrogens (tertiary/aromatic N) is 3. The van der Waals surface area contributed by atoms with Gasteiger partial charge in [0, 0.05) is 42.5 Å². The second kappa shape index (κ2) is 10.6. The number of rotatable bonds is 9. The highest BCUT2D eigenvalue weighted by Crippen LogP contribution is 2.31. The summed E-state index contributed by atoms with van der Waals surface area (Å²) >= 11 is 1.64. The first-order chi connectivity index (χ1) is 17.1. The lowest BCUT2D eigenvalue weighted by Gasteiger charge is -2.27. The molecular formula is C28H33N5OS. The Hall–Kier alpha value is -3.19. The molecule has 1 aromatic carbocycles. The molecule has 5 rings (SSSR count). The van der Waals surface area contributed by atoms with Crippen molar-refractivity contribution in [3.63, 3.8) is 0 Å². The maximum Gasteiger partial charge on any atom is 0.222 e. The Morgan fingerprint density at radius 3 is 2.91 bits per heavy atom. The van der Waals surface area contributed by atoms with Crippen LogP contribution in [0.2, 0.25) is 0 Å². The number of thiazole rings is 1. The summed E-state index contributed by atoms with van der Waals surface area (Å²) in [6.45, 7) is 5.91. The first kappa shape index (κ1) is 23.5. The SMILES string of the molecule is CCC[C@@H](CC)CCC(=O)N1CC=C(c2cc3c(Nc4ccc5ncsc5c4)ccnc3[nH]2)CC1. The Bertz CT molecular complexity index is 1350. The Labute approximate surface area is 210 Å². The number of carbonyl (C=O) groups excluding carboxylic acids is 1. The van der Waals surface area contributed by atoms with E-state index >= 15 is 0 Å². The second-order valence-electron chi connectivity index (χ2n) is 9.38. The minimum atomic E-state index is 0.289. The van der Waals surface area contributed by atoms with Gasteiger partial charge in [-0.3, -0.25) is 4.79 Å². The molecule has 0 aliphatic carbocycles. The number of aromatic nitrogens is 3. The fourth-order valence-corrected chi connectivity index (χ4v) is 5.70. The van der Waals surface area contributed by atoms with Crippen molar-refractivity contribution in [1.82, 2.24) is 19.9 Å². The summed E-state index contributed by atoms with van der Waals surface area (Å²) in [5.41, 5.74) is 8.15. The van der Waals surface area contributed by atoms with Crippen molar-refractivity contribution < 1.29 is 4.79 Å². The minimum absolute atomic E-state index is 0.289. The van der Waals surface area contributed by atoms with E-state index in [1.165, 1.54) is 18.4 Å². The van der Waals surface area contributed by atoms with E-state index < -0.39 is 0 Å². The summed E-state index contributed by atoms with van der Waals surface area (Å²) in [5, 5.41) is 4.61. The highest BCUT2D eigenvalue weighted by atomic mass is 32.1. The summed E-state index contributed by atoms with van der Waals surface area (Å²) in [6, 6.07) is 10.4. The lowest BCUT2D eigenvalue weighted by Crippen LogP contribution is -2.34. The Balaban J connectivity index is 1.27. The molecule has 0 unspecified atom stereocenters. The van der Waals surface area contributed by atoms with Gasteiger partial charge >= 0.3 is 0 Å². The van der Waals surface area contributed by atoms with Gasteiger partial charge in [0.05, 0.1) is 21.4 Å². The van der Waals surface area contributed by atoms with E-state index in [2.05, 4.69) is 58.4 Å². The van der Waals surface area contributed by atoms with Crippen LogP contribution in [0.1, 0.15) is 58.1 Å². The van der Waals surface area contributed by atoms with E-state index in [9.17, 15) is 4.79 Å². The van der Waals surface area contributed by atoms with Crippen molar-refractivity contribution >= 4 is 55.4 Å². The van der Waals surface area contributed by atoms with E-state index in [1.54, 1.807) is 11.3 Å². The van der Waals surface area contributed by atoms with Gasteiger partial charge in [0.1, 0.15) is 5.65 Å². The molecule has 0 saturated carbocycles. The zero-order chi connectivity index (χ0) is 24.2. The highest BCUT2D eigenvalue weighted by Gasteiger charge is 2.20. The maximum absolute atomic E-state index is 12.8. The number of hydrogen-bond donors (Lipinski definition) is 2. The molecule has 1 aliphatic rings. The summed E-state index contributed by atoms with van der Waals surface area (Å²) in [5.74, 6) is 0.961. The number of H-pyrrole nitrogens is 1. The van der Waals surface area contributed by atoms with E-state index in [1.807, 2.05) is 28.7 Å². The van der Waals surface area contributed by atoms with Gasteiger partial charge < -0.3 is 15.2 Å². The van der Waals surface area contributed by atoms with Crippen LogP contribution in [-0.2, 0) is 4.79 Å². The van der Waals surface area contributed by atoms with Crippen LogP contribution in [0.5, 0.6) is 0 Å². The van der Waals surface area contributed by atoms with Gasteiger partial charge in [0.15, 0.2) is 0 Å². The van der Waals surface area contributed by atoms with Crippen molar-refractivity contribution in [3.05, 3.63) is 53.8 Å². The van der Waals surface area contributed by atoms with Gasteiger partial charge in [-0.1, -0.05) is 39.2 Å². The molecule has 0 fully saturated rings. The number of anilines is 2. The second-order valence-corrected chi connectivity index (χ2v) is 10.3. The summed E-state index contributed by atoms with van der Waals surface area (Å²) in [6.07, 6.45) is 10.1. The standard InChI is InChI=1S/C28H33N5OS/c1-3-5-19(4-2)6-9-27(34)33-14-11-20(12-15-33)25-17-22-23(10-13-29-28(22)32-25)31-21-7-8-24-26(16-21)35-18-30-24/h7-8,10-11,13,16-19H,3-6,9,12,14-15H2,1-2H3,(H2,29,31,32)/t19-/m1/s1. The normalized spacial score (nSPS) is 14.9. The molecule has 1 atom stereocenters. The number of fused-ring (bicyclic) bond motifs is 2. The van der Waals surface area contributed by atoms with Gasteiger partial charge in [-0.2, -0.15) is 0 Å². The molecular weight excluding hydrogens is 454 g/mol. The predicted molar refractivity (Wildman–Crippen MR) is 146 cm³/mol. The fourth-order valence-electron chi connectivity index (χ4n) is 4.98. The topological polar surface area (TPSA) is 73.9 Å². The minimum Gasteiger partial charge on any atom is -0.355 e. The number of carbonyl (C=O) groups is 1. The number of aromatic amines is 1. The molecule has 0 radical (unpaired) electrons. The quantitative estimate of drug-likeness (QED) is 0.263. The van der Waals surface area contributed by atoms with Crippen molar-refractivity contribution in [2.45, 2.75) is 52.4 Å². The van der Waals surface area contributed by atoms with E-state index in [4.69, 9.17) is 0 Å². The van der Waals surface area contributed by atoms with Crippen molar-refractivity contribution in [2.75, 3.05) is 18.4 Å². The first-order valence-electron chi connectivity index (χ1n) is 12.7. The van der Waals surface area contributed by atoms with Crippen LogP contribution in [0, 0.1) is 5.92 Å². The zero-order valence-electron chi connectivity index (χ0n) is 20.5. The summed E-state index contributed by atoms with van der Waals surface area (Å²) < 4.78 is 1.16. The van der Waals surface area contributed by atoms with Crippen molar-refractivity contribution in [1.29, 1.82) is 0 Å². The van der Waals surface area contributed by atoms with Crippen LogP contribution in [0.4, 0.5) is 11.4 Å². The lowest BCUT2D eigenvalue weighted by atomic mass is 9.95. The number of nitrogens with one attached hydrogen (secondary N) is 2. The van der Waals surface area contributed by atoms with Crippen LogP contribution in [-0.4, -0.2) is 38.8 Å². The Kier molecular flexibility index (Phi) is 7.13. The van der Waals surface area contributed by atoms with E-state index in [-0.39, 0.29) is 5.91 Å². The van der Waals surface area contributed by atoms with Crippen LogP contribution >= 0.6 is 11.3 Å². The Morgan fingerprint density at radius 2 is 2.11 bits per heavy atom. The van der Waals surface area contributed by atoms with Gasteiger partial charge in [-0.15, -0.1) is 11.3 Å². The average molecular weight is 488 g/mol. The van der Waals surface area contributed by atoms with Gasteiger partial charge in [-0.25, -0.2) is 9.97 Å². The zero-order valence-corrected chi connectivity index (χ0v) is 21.3. The average Bonchev–Trinajstić information content (AvgIpc) is 3.54. The molecule has 6 nitrogen and oxygen atoms in total. The van der Waals surface area contributed by atoms with Gasteiger partial charge in [0.25, 0.3) is 0 Å². The van der Waals surface area contributed by atoms with Crippen LogP contribution in [0.15, 0.2) is 48.1 Å². The monoisotopic (exact) mass is 487 g/mol. The highest BCUT2D eigenvalue weighted by molar-refractivity contribution is 7.16. The van der Waals surface area contributed by atoms with Crippen LogP contribution in [0.3, 0.4) is 0 Å². The van der Waals surface area contributed by atoms with Crippen molar-refractivity contribution in [2.24, 2.45) is 5.92 Å². The maximum atomic E-state index is 12.8. The Morgan fingerprint density at radius 1 is 1.20 bits per heavy atom. The van der Waals surface area contributed by atoms with Crippen molar-refractivity contribution in [3.8, 4) is 0 Å². The molecule has 4 heterocycles. The molecule has 0 saturated heterocycles. The smallest absolute Gasteiger partial charge is 0.222 e. The van der Waals surface area contributed by atoms with E-state index in [0.29, 0.717) is 18.9 Å². The largest absolute Gasteiger partial charge is 0.355 e. The molecule has 35 heavy (non-hydrogen) atoms. The third kappa shape index (κ3) is 5.25. The number of hydrogen-bond acceptors (Lipinski definition) is 5. The number of pyridine rings is 1. The van der Waals surface area contributed by atoms with Crippen LogP contribution in [0.25, 0.3) is 26.8 Å². The molecule has 1 amide bonds. The third-order valence-electron chi connectivity index (χ3n) is 7.09. The molecule has 182 valence electrons.